The van der Waals surface area contributed by atoms with Gasteiger partial charge in [-0.15, -0.1) is 4.91 Å². The summed E-state index contributed by atoms with van der Waals surface area (Å²) in [6.45, 7) is -0.698. The van der Waals surface area contributed by atoms with E-state index < -0.39 is 5.41 Å². The maximum atomic E-state index is 10.3. The van der Waals surface area contributed by atoms with Crippen LogP contribution >= 0.6 is 0 Å². The first-order valence-corrected chi connectivity index (χ1v) is 4.61. The molecule has 2 N–H and O–H groups in total. The van der Waals surface area contributed by atoms with Gasteiger partial charge in [0.15, 0.2) is 5.34 Å². The van der Waals surface area contributed by atoms with Gasteiger partial charge in [-0.2, -0.15) is 0 Å². The topological polar surface area (TPSA) is 144 Å². The second-order valence-electron chi connectivity index (χ2n) is 3.30. The number of nitrogens with zero attached hydrogens (tertiary/aromatic N) is 1. The van der Waals surface area contributed by atoms with Crippen LogP contribution in [0.15, 0.2) is 5.34 Å². The van der Waals surface area contributed by atoms with Gasteiger partial charge in [0, 0.05) is 6.42 Å². The van der Waals surface area contributed by atoms with Crippen molar-refractivity contribution in [3.05, 3.63) is 15.3 Å². The molecule has 10 heteroatoms. The summed E-state index contributed by atoms with van der Waals surface area (Å²) in [4.78, 5) is 33.4. The largest absolute Gasteiger partial charge is 0.765 e. The minimum Gasteiger partial charge on any atom is -0.765 e. The first-order valence-electron chi connectivity index (χ1n) is 4.61. The number of hydrogen-bond donors (Lipinski definition) is 2. The fraction of sp³-hybridized carbons (Fsp3) is 0.857. The van der Waals surface area contributed by atoms with Crippen LogP contribution in [0.2, 0.25) is 0 Å². The molecule has 0 spiro atoms. The molecule has 0 aromatic heterocycles. The van der Waals surface area contributed by atoms with Gasteiger partial charge in [-0.3, -0.25) is 11.3 Å². The van der Waals surface area contributed by atoms with Gasteiger partial charge in [-0.1, -0.05) is 0 Å². The molecule has 0 heterocycles. The molecule has 0 aliphatic carbocycles. The quantitative estimate of drug-likeness (QED) is 0.271. The van der Waals surface area contributed by atoms with Gasteiger partial charge in [-0.05, 0) is 6.42 Å². The summed E-state index contributed by atoms with van der Waals surface area (Å²) in [7, 11) is 0. The smallest absolute Gasteiger partial charge is 0.155 e. The normalized spacial score (nSPS) is 11.2. The van der Waals surface area contributed by atoms with Crippen LogP contribution in [-0.2, 0) is 19.3 Å². The molecule has 0 unspecified atom stereocenters. The van der Waals surface area contributed by atoms with Gasteiger partial charge in [-0.25, -0.2) is 0 Å². The molecule has 0 saturated carbocycles. The SMILES string of the molecule is O=CCCC(CON=O)(CON[O-])CON[O-]. The molecule has 0 rings (SSSR count). The van der Waals surface area contributed by atoms with E-state index in [2.05, 4.69) is 19.9 Å². The minimum absolute atomic E-state index is 0.118. The van der Waals surface area contributed by atoms with Gasteiger partial charge in [0.1, 0.15) is 12.9 Å². The zero-order chi connectivity index (χ0) is 13.0. The highest BCUT2D eigenvalue weighted by atomic mass is 16.8. The van der Waals surface area contributed by atoms with Gasteiger partial charge >= 0.3 is 0 Å². The Morgan fingerprint density at radius 1 is 1.18 bits per heavy atom. The van der Waals surface area contributed by atoms with E-state index in [1.54, 1.807) is 0 Å². The molecule has 0 aliphatic rings. The predicted octanol–water partition coefficient (Wildman–Crippen LogP) is -0.312. The van der Waals surface area contributed by atoms with Crippen LogP contribution in [0.5, 0.6) is 0 Å². The lowest BCUT2D eigenvalue weighted by Crippen LogP contribution is -2.39. The molecule has 17 heavy (non-hydrogen) atoms. The van der Waals surface area contributed by atoms with Crippen molar-refractivity contribution >= 4 is 6.29 Å². The Morgan fingerprint density at radius 2 is 1.76 bits per heavy atom. The van der Waals surface area contributed by atoms with Crippen molar-refractivity contribution in [1.29, 1.82) is 0 Å². The van der Waals surface area contributed by atoms with E-state index in [0.29, 0.717) is 6.29 Å². The summed E-state index contributed by atoms with van der Waals surface area (Å²) in [5.74, 6) is 0. The molecular weight excluding hydrogens is 238 g/mol. The lowest BCUT2D eigenvalue weighted by Gasteiger charge is -2.31. The Hall–Kier alpha value is -1.17. The molecule has 0 fully saturated rings. The minimum atomic E-state index is -1.01. The second kappa shape index (κ2) is 10.0. The van der Waals surface area contributed by atoms with Crippen LogP contribution in [0, 0.1) is 20.7 Å². The second-order valence-corrected chi connectivity index (χ2v) is 3.30. The Morgan fingerprint density at radius 3 is 2.18 bits per heavy atom. The lowest BCUT2D eigenvalue weighted by molar-refractivity contribution is -0.115. The van der Waals surface area contributed by atoms with Crippen molar-refractivity contribution in [2.24, 2.45) is 10.8 Å². The number of rotatable bonds is 12. The third kappa shape index (κ3) is 6.88. The Balaban J connectivity index is 4.49. The molecule has 0 saturated heterocycles. The van der Waals surface area contributed by atoms with Crippen molar-refractivity contribution in [3.63, 3.8) is 0 Å². The molecule has 0 aromatic rings. The Labute approximate surface area is 96.6 Å². The number of hydrogen-bond acceptors (Lipinski definition) is 10. The number of aldehydes is 1. The molecule has 0 amide bonds. The van der Waals surface area contributed by atoms with E-state index in [9.17, 15) is 20.1 Å². The fourth-order valence-electron chi connectivity index (χ4n) is 1.24. The molecule has 0 atom stereocenters. The van der Waals surface area contributed by atoms with E-state index in [0.717, 1.165) is 0 Å². The first-order chi connectivity index (χ1) is 8.24. The van der Waals surface area contributed by atoms with Crippen molar-refractivity contribution in [1.82, 2.24) is 11.3 Å². The molecule has 0 aliphatic heterocycles. The lowest BCUT2D eigenvalue weighted by atomic mass is 9.86. The maximum absolute atomic E-state index is 10.3. The number of carbonyl (C=O) groups is 1. The van der Waals surface area contributed by atoms with E-state index in [4.69, 9.17) is 0 Å². The van der Waals surface area contributed by atoms with Crippen LogP contribution in [0.1, 0.15) is 12.8 Å². The third-order valence-corrected chi connectivity index (χ3v) is 2.09. The molecule has 0 aromatic carbocycles. The van der Waals surface area contributed by atoms with Crippen molar-refractivity contribution in [2.75, 3.05) is 19.8 Å². The summed E-state index contributed by atoms with van der Waals surface area (Å²) in [6.07, 6.45) is 0.945. The third-order valence-electron chi connectivity index (χ3n) is 2.09. The molecular formula is C7H13N3O7-2. The predicted molar refractivity (Wildman–Crippen MR) is 54.4 cm³/mol. The zero-order valence-electron chi connectivity index (χ0n) is 8.92. The van der Waals surface area contributed by atoms with Crippen molar-refractivity contribution < 1.29 is 19.3 Å². The standard InChI is InChI=1S/C7H13N3O7/c11-3-1-2-7(4-15-8-12,5-16-9-13)6-17-10-14/h3,8-9H,1-2,4-6H2/q-2. The van der Waals surface area contributed by atoms with Crippen molar-refractivity contribution in [3.8, 4) is 0 Å². The summed E-state index contributed by atoms with van der Waals surface area (Å²) >= 11 is 0. The molecule has 0 bridgehead atoms. The van der Waals surface area contributed by atoms with Crippen molar-refractivity contribution in [2.45, 2.75) is 12.8 Å². The molecule has 10 nitrogen and oxygen atoms in total. The maximum Gasteiger partial charge on any atom is 0.155 e. The summed E-state index contributed by atoms with van der Waals surface area (Å²) in [5, 5.41) is 22.2. The van der Waals surface area contributed by atoms with Crippen LogP contribution in [0.3, 0.4) is 0 Å². The molecule has 100 valence electrons. The Bertz CT molecular complexity index is 194. The van der Waals surface area contributed by atoms with Gasteiger partial charge in [0.05, 0.1) is 18.6 Å². The van der Waals surface area contributed by atoms with Crippen LogP contribution in [-0.4, -0.2) is 26.1 Å². The van der Waals surface area contributed by atoms with Gasteiger partial charge in [0.25, 0.3) is 0 Å². The van der Waals surface area contributed by atoms with Crippen LogP contribution < -0.4 is 11.3 Å². The van der Waals surface area contributed by atoms with Gasteiger partial charge in [0.2, 0.25) is 0 Å². The van der Waals surface area contributed by atoms with E-state index in [-0.39, 0.29) is 32.7 Å². The van der Waals surface area contributed by atoms with E-state index in [1.165, 1.54) is 11.3 Å². The summed E-state index contributed by atoms with van der Waals surface area (Å²) < 4.78 is 0. The van der Waals surface area contributed by atoms with Crippen LogP contribution in [0.4, 0.5) is 0 Å². The van der Waals surface area contributed by atoms with Gasteiger partial charge < -0.3 is 29.7 Å². The average Bonchev–Trinajstić information content (AvgIpc) is 2.37. The van der Waals surface area contributed by atoms with Crippen LogP contribution in [0.25, 0.3) is 0 Å². The van der Waals surface area contributed by atoms with E-state index in [1.807, 2.05) is 0 Å². The highest BCUT2D eigenvalue weighted by Crippen LogP contribution is 2.25. The summed E-state index contributed by atoms with van der Waals surface area (Å²) in [6, 6.07) is 0. The number of nitrogens with one attached hydrogen (secondary N) is 2. The zero-order valence-corrected chi connectivity index (χ0v) is 8.92. The van der Waals surface area contributed by atoms with E-state index >= 15 is 0 Å². The highest BCUT2D eigenvalue weighted by molar-refractivity contribution is 5.49. The molecule has 0 radical (unpaired) electrons. The average molecular weight is 251 g/mol. The Kier molecular flexibility index (Phi) is 9.33. The summed E-state index contributed by atoms with van der Waals surface area (Å²) in [5.41, 5.74) is 1.38. The monoisotopic (exact) mass is 251 g/mol. The number of carbonyl (C=O) groups excluding carboxylic acids is 1. The first kappa shape index (κ1) is 15.8. The fourth-order valence-corrected chi connectivity index (χ4v) is 1.24. The highest BCUT2D eigenvalue weighted by Gasteiger charge is 2.32.